The molecule has 0 aliphatic heterocycles. The summed E-state index contributed by atoms with van der Waals surface area (Å²) in [4.78, 5) is 25.4. The van der Waals surface area contributed by atoms with Gasteiger partial charge in [-0.1, -0.05) is 72.4 Å². The van der Waals surface area contributed by atoms with Gasteiger partial charge in [-0.05, 0) is 37.1 Å². The van der Waals surface area contributed by atoms with E-state index in [0.717, 1.165) is 11.1 Å². The fraction of sp³-hybridized carbons (Fsp3) is 0.133. The van der Waals surface area contributed by atoms with Crippen LogP contribution < -0.4 is 9.47 Å². The van der Waals surface area contributed by atoms with E-state index in [2.05, 4.69) is 0 Å². The molecule has 37 heavy (non-hydrogen) atoms. The van der Waals surface area contributed by atoms with Crippen molar-refractivity contribution in [3.8, 4) is 23.0 Å². The molecule has 0 radical (unpaired) electrons. The highest BCUT2D eigenvalue weighted by Crippen LogP contribution is 2.44. The summed E-state index contributed by atoms with van der Waals surface area (Å²) in [6, 6.07) is 25.1. The quantitative estimate of drug-likeness (QED) is 0.225. The van der Waals surface area contributed by atoms with Crippen LogP contribution in [0.4, 0.5) is 0 Å². The SMILES string of the molecule is CC(=O)c1cc(Sc2cc(C(C)=O)c(O)cc2OCc2ccccc2)c(OCc2ccccc2)cc1O. The number of carbonyl (C=O) groups is 2. The Balaban J connectivity index is 1.72. The largest absolute Gasteiger partial charge is 0.507 e. The van der Waals surface area contributed by atoms with E-state index in [0.29, 0.717) is 21.3 Å². The van der Waals surface area contributed by atoms with Crippen LogP contribution >= 0.6 is 11.8 Å². The van der Waals surface area contributed by atoms with Crippen molar-refractivity contribution in [2.24, 2.45) is 0 Å². The van der Waals surface area contributed by atoms with E-state index < -0.39 is 0 Å². The molecule has 4 rings (SSSR count). The first kappa shape index (κ1) is 25.9. The zero-order valence-corrected chi connectivity index (χ0v) is 21.2. The Morgan fingerprint density at radius 2 is 1.03 bits per heavy atom. The minimum atomic E-state index is -0.301. The number of hydrogen-bond donors (Lipinski definition) is 2. The molecule has 0 spiro atoms. The van der Waals surface area contributed by atoms with E-state index in [9.17, 15) is 19.8 Å². The lowest BCUT2D eigenvalue weighted by Gasteiger charge is -2.17. The molecule has 0 saturated carbocycles. The highest BCUT2D eigenvalue weighted by molar-refractivity contribution is 7.99. The van der Waals surface area contributed by atoms with Crippen LogP contribution in [-0.2, 0) is 13.2 Å². The van der Waals surface area contributed by atoms with Crippen LogP contribution in [0.3, 0.4) is 0 Å². The van der Waals surface area contributed by atoms with Gasteiger partial charge in [0.25, 0.3) is 0 Å². The van der Waals surface area contributed by atoms with E-state index in [1.165, 1.54) is 37.7 Å². The van der Waals surface area contributed by atoms with Crippen molar-refractivity contribution in [2.45, 2.75) is 36.9 Å². The normalized spacial score (nSPS) is 10.6. The summed E-state index contributed by atoms with van der Waals surface area (Å²) in [6.07, 6.45) is 0. The summed E-state index contributed by atoms with van der Waals surface area (Å²) >= 11 is 1.22. The second-order valence-electron chi connectivity index (χ2n) is 8.40. The van der Waals surface area contributed by atoms with Gasteiger partial charge in [0.15, 0.2) is 11.6 Å². The first-order chi connectivity index (χ1) is 17.8. The topological polar surface area (TPSA) is 93.1 Å². The molecule has 2 N–H and O–H groups in total. The monoisotopic (exact) mass is 514 g/mol. The van der Waals surface area contributed by atoms with Crippen molar-refractivity contribution in [3.05, 3.63) is 107 Å². The standard InChI is InChI=1S/C30H26O6S/c1-19(31)23-13-29(27(15-25(23)33)35-17-21-9-5-3-6-10-21)37-30-14-24(20(2)32)26(34)16-28(30)36-18-22-11-7-4-8-12-22/h3-16,33-34H,17-18H2,1-2H3. The molecule has 0 aliphatic carbocycles. The number of phenolic OH excluding ortho intramolecular Hbond substituents is 2. The maximum Gasteiger partial charge on any atom is 0.163 e. The van der Waals surface area contributed by atoms with Crippen LogP contribution in [0.15, 0.2) is 94.7 Å². The van der Waals surface area contributed by atoms with Crippen molar-refractivity contribution in [3.63, 3.8) is 0 Å². The maximum absolute atomic E-state index is 12.2. The molecule has 4 aromatic carbocycles. The molecule has 0 unspecified atom stereocenters. The van der Waals surface area contributed by atoms with Crippen LogP contribution in [-0.4, -0.2) is 21.8 Å². The lowest BCUT2D eigenvalue weighted by molar-refractivity contribution is 0.100. The van der Waals surface area contributed by atoms with Crippen molar-refractivity contribution in [1.82, 2.24) is 0 Å². The summed E-state index contributed by atoms with van der Waals surface area (Å²) in [5.41, 5.74) is 2.16. The number of hydrogen-bond acceptors (Lipinski definition) is 7. The molecule has 0 atom stereocenters. The van der Waals surface area contributed by atoms with Gasteiger partial charge in [-0.15, -0.1) is 0 Å². The molecule has 0 aliphatic rings. The predicted octanol–water partition coefficient (Wildman–Crippen LogP) is 6.81. The molecule has 0 heterocycles. The summed E-state index contributed by atoms with van der Waals surface area (Å²) in [5, 5.41) is 20.9. The summed E-state index contributed by atoms with van der Waals surface area (Å²) in [5.74, 6) is -0.244. The van der Waals surface area contributed by atoms with Crippen molar-refractivity contribution in [2.75, 3.05) is 0 Å². The van der Waals surface area contributed by atoms with Crippen LogP contribution in [0, 0.1) is 0 Å². The average molecular weight is 515 g/mol. The number of ether oxygens (including phenoxy) is 2. The number of aromatic hydroxyl groups is 2. The summed E-state index contributed by atoms with van der Waals surface area (Å²) in [6.45, 7) is 3.24. The molecular formula is C30H26O6S. The van der Waals surface area contributed by atoms with Gasteiger partial charge < -0.3 is 19.7 Å². The molecule has 0 saturated heterocycles. The summed E-state index contributed by atoms with van der Waals surface area (Å²) < 4.78 is 12.1. The third-order valence-electron chi connectivity index (χ3n) is 5.58. The Hall–Kier alpha value is -4.23. The number of ketones is 2. The van der Waals surface area contributed by atoms with Crippen LogP contribution in [0.2, 0.25) is 0 Å². The molecule has 6 nitrogen and oxygen atoms in total. The zero-order chi connectivity index (χ0) is 26.4. The molecule has 0 aromatic heterocycles. The molecule has 4 aromatic rings. The number of Topliss-reactive ketones (excluding diaryl/α,β-unsaturated/α-hetero) is 2. The van der Waals surface area contributed by atoms with Gasteiger partial charge in [0.05, 0.1) is 20.9 Å². The first-order valence-corrected chi connectivity index (χ1v) is 12.4. The zero-order valence-electron chi connectivity index (χ0n) is 20.4. The average Bonchev–Trinajstić information content (AvgIpc) is 2.89. The number of phenols is 2. The lowest BCUT2D eigenvalue weighted by Crippen LogP contribution is -2.01. The van der Waals surface area contributed by atoms with E-state index in [-0.39, 0.29) is 47.4 Å². The fourth-order valence-electron chi connectivity index (χ4n) is 3.64. The Morgan fingerprint density at radius 3 is 1.38 bits per heavy atom. The van der Waals surface area contributed by atoms with Crippen LogP contribution in [0.1, 0.15) is 45.7 Å². The second-order valence-corrected chi connectivity index (χ2v) is 9.48. The number of carbonyl (C=O) groups excluding carboxylic acids is 2. The van der Waals surface area contributed by atoms with Crippen molar-refractivity contribution >= 4 is 23.3 Å². The van der Waals surface area contributed by atoms with Crippen LogP contribution in [0.25, 0.3) is 0 Å². The van der Waals surface area contributed by atoms with Gasteiger partial charge in [-0.3, -0.25) is 9.59 Å². The predicted molar refractivity (Wildman–Crippen MR) is 142 cm³/mol. The first-order valence-electron chi connectivity index (χ1n) is 11.6. The minimum Gasteiger partial charge on any atom is -0.507 e. The molecule has 188 valence electrons. The van der Waals surface area contributed by atoms with Gasteiger partial charge in [0.2, 0.25) is 0 Å². The van der Waals surface area contributed by atoms with Gasteiger partial charge in [0.1, 0.15) is 36.2 Å². The van der Waals surface area contributed by atoms with Crippen LogP contribution in [0.5, 0.6) is 23.0 Å². The Kier molecular flexibility index (Phi) is 8.15. The highest BCUT2D eigenvalue weighted by atomic mass is 32.2. The molecule has 0 fully saturated rings. The van der Waals surface area contributed by atoms with Gasteiger partial charge >= 0.3 is 0 Å². The number of benzene rings is 4. The van der Waals surface area contributed by atoms with Gasteiger partial charge in [-0.25, -0.2) is 0 Å². The van der Waals surface area contributed by atoms with Gasteiger partial charge in [0, 0.05) is 12.1 Å². The van der Waals surface area contributed by atoms with E-state index in [1.54, 1.807) is 12.1 Å². The van der Waals surface area contributed by atoms with Crippen molar-refractivity contribution in [1.29, 1.82) is 0 Å². The van der Waals surface area contributed by atoms with E-state index in [1.807, 2.05) is 60.7 Å². The third-order valence-corrected chi connectivity index (χ3v) is 6.65. The smallest absolute Gasteiger partial charge is 0.163 e. The molecule has 0 bridgehead atoms. The Labute approximate surface area is 219 Å². The summed E-state index contributed by atoms with van der Waals surface area (Å²) in [7, 11) is 0. The molecule has 7 heteroatoms. The lowest BCUT2D eigenvalue weighted by atomic mass is 10.1. The highest BCUT2D eigenvalue weighted by Gasteiger charge is 2.20. The molecular weight excluding hydrogens is 488 g/mol. The molecule has 0 amide bonds. The third kappa shape index (κ3) is 6.51. The van der Waals surface area contributed by atoms with E-state index in [4.69, 9.17) is 9.47 Å². The fourth-order valence-corrected chi connectivity index (χ4v) is 4.66. The maximum atomic E-state index is 12.2. The van der Waals surface area contributed by atoms with E-state index >= 15 is 0 Å². The second kappa shape index (κ2) is 11.7. The van der Waals surface area contributed by atoms with Crippen molar-refractivity contribution < 1.29 is 29.3 Å². The minimum absolute atomic E-state index is 0.145. The number of rotatable bonds is 10. The van der Waals surface area contributed by atoms with Gasteiger partial charge in [-0.2, -0.15) is 0 Å². The Morgan fingerprint density at radius 1 is 0.649 bits per heavy atom. The Bertz CT molecular complexity index is 1310.